The molecule has 1 heterocycles. The van der Waals surface area contributed by atoms with Gasteiger partial charge in [-0.1, -0.05) is 24.3 Å². The first-order valence-corrected chi connectivity index (χ1v) is 9.65. The molecule has 2 aromatic carbocycles. The third-order valence-electron chi connectivity index (χ3n) is 4.00. The fourth-order valence-corrected chi connectivity index (χ4v) is 3.20. The number of thiophene rings is 1. The molecule has 0 aliphatic heterocycles. The Bertz CT molecular complexity index is 955. The first kappa shape index (κ1) is 19.4. The molecule has 3 aromatic rings. The maximum Gasteiger partial charge on any atom is 0.319 e. The number of rotatable bonds is 6. The summed E-state index contributed by atoms with van der Waals surface area (Å²) in [7, 11) is 3.95. The Morgan fingerprint density at radius 3 is 2.39 bits per heavy atom. The number of nitrogens with one attached hydrogen (secondary N) is 3. The Labute approximate surface area is 168 Å². The summed E-state index contributed by atoms with van der Waals surface area (Å²) in [5, 5.41) is 10.3. The lowest BCUT2D eigenvalue weighted by molar-refractivity contribution is 0.103. The molecule has 0 aliphatic rings. The van der Waals surface area contributed by atoms with Crippen LogP contribution in [0.2, 0.25) is 0 Å². The SMILES string of the molecule is CN(C)c1cccc(CNC(=O)Nc2cccc(NC(=O)c3cccs3)c2)c1. The highest BCUT2D eigenvalue weighted by Crippen LogP contribution is 2.18. The third kappa shape index (κ3) is 5.34. The second kappa shape index (κ2) is 9.05. The maximum absolute atomic E-state index is 12.2. The molecule has 0 radical (unpaired) electrons. The van der Waals surface area contributed by atoms with E-state index < -0.39 is 0 Å². The van der Waals surface area contributed by atoms with Gasteiger partial charge in [0.2, 0.25) is 0 Å². The zero-order chi connectivity index (χ0) is 19.9. The van der Waals surface area contributed by atoms with Gasteiger partial charge in [0.25, 0.3) is 5.91 Å². The highest BCUT2D eigenvalue weighted by atomic mass is 32.1. The second-order valence-electron chi connectivity index (χ2n) is 6.38. The molecule has 6 nitrogen and oxygen atoms in total. The lowest BCUT2D eigenvalue weighted by atomic mass is 10.2. The minimum Gasteiger partial charge on any atom is -0.378 e. The first-order valence-electron chi connectivity index (χ1n) is 8.77. The molecular weight excluding hydrogens is 372 g/mol. The van der Waals surface area contributed by atoms with Gasteiger partial charge in [0.05, 0.1) is 4.88 Å². The van der Waals surface area contributed by atoms with Gasteiger partial charge < -0.3 is 20.9 Å². The summed E-state index contributed by atoms with van der Waals surface area (Å²) in [5.41, 5.74) is 3.31. The lowest BCUT2D eigenvalue weighted by Crippen LogP contribution is -2.28. The number of amides is 3. The van der Waals surface area contributed by atoms with Crippen molar-refractivity contribution in [1.82, 2.24) is 5.32 Å². The molecule has 1 aromatic heterocycles. The number of carbonyl (C=O) groups excluding carboxylic acids is 2. The standard InChI is InChI=1S/C21H22N4O2S/c1-25(2)18-9-3-6-15(12-18)14-22-21(27)24-17-8-4-7-16(13-17)23-20(26)19-10-5-11-28-19/h3-13H,14H2,1-2H3,(H,23,26)(H2,22,24,27). The molecule has 0 atom stereocenters. The van der Waals surface area contributed by atoms with Crippen molar-refractivity contribution < 1.29 is 9.59 Å². The Hall–Kier alpha value is -3.32. The van der Waals surface area contributed by atoms with E-state index in [1.165, 1.54) is 11.3 Å². The van der Waals surface area contributed by atoms with E-state index in [2.05, 4.69) is 16.0 Å². The van der Waals surface area contributed by atoms with Gasteiger partial charge in [-0.3, -0.25) is 4.79 Å². The van der Waals surface area contributed by atoms with Crippen molar-refractivity contribution in [2.45, 2.75) is 6.54 Å². The molecule has 0 unspecified atom stereocenters. The molecule has 3 rings (SSSR count). The normalized spacial score (nSPS) is 10.2. The van der Waals surface area contributed by atoms with Crippen LogP contribution in [0.1, 0.15) is 15.2 Å². The largest absolute Gasteiger partial charge is 0.378 e. The van der Waals surface area contributed by atoms with Gasteiger partial charge in [-0.25, -0.2) is 4.79 Å². The Balaban J connectivity index is 1.55. The van der Waals surface area contributed by atoms with Crippen LogP contribution in [0, 0.1) is 0 Å². The van der Waals surface area contributed by atoms with E-state index in [9.17, 15) is 9.59 Å². The summed E-state index contributed by atoms with van der Waals surface area (Å²) in [6.07, 6.45) is 0. The zero-order valence-corrected chi connectivity index (χ0v) is 16.5. The zero-order valence-electron chi connectivity index (χ0n) is 15.7. The van der Waals surface area contributed by atoms with Crippen molar-refractivity contribution >= 4 is 40.3 Å². The van der Waals surface area contributed by atoms with Crippen molar-refractivity contribution in [3.63, 3.8) is 0 Å². The monoisotopic (exact) mass is 394 g/mol. The smallest absolute Gasteiger partial charge is 0.319 e. The molecule has 3 N–H and O–H groups in total. The molecule has 0 fully saturated rings. The van der Waals surface area contributed by atoms with E-state index in [0.717, 1.165) is 11.3 Å². The first-order chi connectivity index (χ1) is 13.5. The van der Waals surface area contributed by atoms with Crippen molar-refractivity contribution in [1.29, 1.82) is 0 Å². The number of hydrogen-bond acceptors (Lipinski definition) is 4. The third-order valence-corrected chi connectivity index (χ3v) is 4.87. The van der Waals surface area contributed by atoms with Crippen molar-refractivity contribution in [3.05, 3.63) is 76.5 Å². The predicted molar refractivity (Wildman–Crippen MR) is 115 cm³/mol. The van der Waals surface area contributed by atoms with Crippen molar-refractivity contribution in [2.75, 3.05) is 29.6 Å². The van der Waals surface area contributed by atoms with Gasteiger partial charge >= 0.3 is 6.03 Å². The summed E-state index contributed by atoms with van der Waals surface area (Å²) in [6, 6.07) is 18.3. The summed E-state index contributed by atoms with van der Waals surface area (Å²) in [5.74, 6) is -0.169. The topological polar surface area (TPSA) is 73.5 Å². The average Bonchev–Trinajstić information content (AvgIpc) is 3.22. The minimum atomic E-state index is -0.308. The number of nitrogens with zero attached hydrogens (tertiary/aromatic N) is 1. The molecule has 28 heavy (non-hydrogen) atoms. The Morgan fingerprint density at radius 1 is 0.929 bits per heavy atom. The quantitative estimate of drug-likeness (QED) is 0.581. The molecule has 0 bridgehead atoms. The highest BCUT2D eigenvalue weighted by Gasteiger charge is 2.08. The fraction of sp³-hybridized carbons (Fsp3) is 0.143. The van der Waals surface area contributed by atoms with Gasteiger partial charge in [0.15, 0.2) is 0 Å². The molecule has 0 aliphatic carbocycles. The van der Waals surface area contributed by atoms with Crippen LogP contribution in [0.5, 0.6) is 0 Å². The lowest BCUT2D eigenvalue weighted by Gasteiger charge is -2.14. The van der Waals surface area contributed by atoms with Crippen LogP contribution in [0.15, 0.2) is 66.0 Å². The molecule has 144 valence electrons. The number of hydrogen-bond donors (Lipinski definition) is 3. The van der Waals surface area contributed by atoms with E-state index in [1.54, 1.807) is 30.3 Å². The summed E-state index contributed by atoms with van der Waals surface area (Å²) in [4.78, 5) is 27.0. The van der Waals surface area contributed by atoms with Gasteiger partial charge in [0, 0.05) is 37.7 Å². The Morgan fingerprint density at radius 2 is 1.68 bits per heavy atom. The van der Waals surface area contributed by atoms with Crippen LogP contribution >= 0.6 is 11.3 Å². The molecule has 7 heteroatoms. The van der Waals surface area contributed by atoms with Crippen LogP contribution in [0.3, 0.4) is 0 Å². The van der Waals surface area contributed by atoms with Crippen LogP contribution in [0.25, 0.3) is 0 Å². The van der Waals surface area contributed by atoms with E-state index in [4.69, 9.17) is 0 Å². The number of anilines is 3. The van der Waals surface area contributed by atoms with E-state index >= 15 is 0 Å². The maximum atomic E-state index is 12.2. The number of benzene rings is 2. The van der Waals surface area contributed by atoms with Crippen molar-refractivity contribution in [3.8, 4) is 0 Å². The summed E-state index contributed by atoms with van der Waals surface area (Å²) in [6.45, 7) is 0.419. The van der Waals surface area contributed by atoms with Gasteiger partial charge in [0.1, 0.15) is 0 Å². The van der Waals surface area contributed by atoms with E-state index in [1.807, 2.05) is 54.7 Å². The second-order valence-corrected chi connectivity index (χ2v) is 7.33. The van der Waals surface area contributed by atoms with Crippen molar-refractivity contribution in [2.24, 2.45) is 0 Å². The molecule has 0 saturated heterocycles. The summed E-state index contributed by atoms with van der Waals surface area (Å²) >= 11 is 1.38. The van der Waals surface area contributed by atoms with Crippen LogP contribution in [0.4, 0.5) is 21.9 Å². The number of urea groups is 1. The minimum absolute atomic E-state index is 0.169. The molecule has 0 saturated carbocycles. The van der Waals surface area contributed by atoms with Crippen LogP contribution in [-0.4, -0.2) is 26.0 Å². The highest BCUT2D eigenvalue weighted by molar-refractivity contribution is 7.12. The van der Waals surface area contributed by atoms with E-state index in [0.29, 0.717) is 22.8 Å². The molecule has 3 amide bonds. The molecule has 0 spiro atoms. The predicted octanol–water partition coefficient (Wildman–Crippen LogP) is 4.39. The summed E-state index contributed by atoms with van der Waals surface area (Å²) < 4.78 is 0. The van der Waals surface area contributed by atoms with Crippen LogP contribution in [-0.2, 0) is 6.54 Å². The van der Waals surface area contributed by atoms with Gasteiger partial charge in [-0.2, -0.15) is 0 Å². The average molecular weight is 395 g/mol. The Kier molecular flexibility index (Phi) is 6.29. The van der Waals surface area contributed by atoms with Crippen LogP contribution < -0.4 is 20.9 Å². The van der Waals surface area contributed by atoms with Gasteiger partial charge in [-0.15, -0.1) is 11.3 Å². The number of carbonyl (C=O) groups is 2. The fourth-order valence-electron chi connectivity index (χ4n) is 2.58. The van der Waals surface area contributed by atoms with E-state index in [-0.39, 0.29) is 11.9 Å². The molecular formula is C21H22N4O2S. The van der Waals surface area contributed by atoms with Gasteiger partial charge in [-0.05, 0) is 47.3 Å².